The third-order valence-corrected chi connectivity index (χ3v) is 2.80. The molecule has 3 N–H and O–H groups in total. The topological polar surface area (TPSA) is 70.2 Å². The summed E-state index contributed by atoms with van der Waals surface area (Å²) in [6.45, 7) is 1.69. The third kappa shape index (κ3) is 4.59. The number of carbonyl (C=O) groups excluding carboxylic acids is 2. The second-order valence-corrected chi connectivity index (χ2v) is 4.69. The number of anilines is 1. The van der Waals surface area contributed by atoms with Gasteiger partial charge < -0.3 is 10.6 Å². The van der Waals surface area contributed by atoms with Crippen LogP contribution in [0.5, 0.6) is 0 Å². The van der Waals surface area contributed by atoms with Crippen molar-refractivity contribution < 1.29 is 9.59 Å². The number of halogens is 1. The van der Waals surface area contributed by atoms with E-state index in [4.69, 9.17) is 0 Å². The van der Waals surface area contributed by atoms with E-state index in [0.29, 0.717) is 0 Å². The van der Waals surface area contributed by atoms with Gasteiger partial charge in [0.15, 0.2) is 0 Å². The van der Waals surface area contributed by atoms with E-state index in [1.165, 1.54) is 7.05 Å². The summed E-state index contributed by atoms with van der Waals surface area (Å²) in [4.78, 5) is 22.5. The van der Waals surface area contributed by atoms with Crippen molar-refractivity contribution >= 4 is 40.2 Å². The van der Waals surface area contributed by atoms with Gasteiger partial charge in [-0.1, -0.05) is 0 Å². The van der Waals surface area contributed by atoms with E-state index >= 15 is 0 Å². The van der Waals surface area contributed by atoms with Crippen molar-refractivity contribution in [2.75, 3.05) is 12.4 Å². The van der Waals surface area contributed by atoms with Gasteiger partial charge in [-0.2, -0.15) is 0 Å². The Labute approximate surface area is 113 Å². The lowest BCUT2D eigenvalue weighted by atomic mass is 10.2. The Balaban J connectivity index is 2.54. The Morgan fingerprint density at radius 3 is 2.35 bits per heavy atom. The molecule has 0 bridgehead atoms. The molecular weight excluding hydrogens is 333 g/mol. The third-order valence-electron chi connectivity index (χ3n) is 2.08. The van der Waals surface area contributed by atoms with Gasteiger partial charge in [0.1, 0.15) is 6.04 Å². The Morgan fingerprint density at radius 2 is 1.82 bits per heavy atom. The van der Waals surface area contributed by atoms with Crippen LogP contribution < -0.4 is 16.0 Å². The first-order chi connectivity index (χ1) is 8.02. The summed E-state index contributed by atoms with van der Waals surface area (Å²) in [5.74, 6) is -0.372. The first kappa shape index (κ1) is 13.8. The fraction of sp³-hybridized carbons (Fsp3) is 0.273. The van der Waals surface area contributed by atoms with Crippen molar-refractivity contribution in [3.63, 3.8) is 0 Å². The fourth-order valence-electron chi connectivity index (χ4n) is 1.14. The summed E-state index contributed by atoms with van der Waals surface area (Å²) in [5.41, 5.74) is 0.838. The van der Waals surface area contributed by atoms with Crippen LogP contribution >= 0.6 is 22.6 Å². The van der Waals surface area contributed by atoms with Gasteiger partial charge in [-0.3, -0.25) is 10.1 Å². The zero-order valence-electron chi connectivity index (χ0n) is 9.58. The highest BCUT2D eigenvalue weighted by atomic mass is 127. The molecule has 17 heavy (non-hydrogen) atoms. The molecule has 0 aliphatic heterocycles. The van der Waals surface area contributed by atoms with E-state index < -0.39 is 12.1 Å². The standard InChI is InChI=1S/C11H14IN3O2/c1-7(10(16)15-11(17)13-2)14-9-5-3-8(12)4-6-9/h3-7,14H,1-2H3,(H2,13,15,16,17)/t7-/m0/s1. The molecule has 0 fully saturated rings. The van der Waals surface area contributed by atoms with E-state index in [2.05, 4.69) is 38.5 Å². The highest BCUT2D eigenvalue weighted by molar-refractivity contribution is 14.1. The molecule has 0 heterocycles. The van der Waals surface area contributed by atoms with Crippen molar-refractivity contribution in [3.05, 3.63) is 27.8 Å². The van der Waals surface area contributed by atoms with Gasteiger partial charge in [0, 0.05) is 16.3 Å². The molecule has 6 heteroatoms. The molecule has 1 rings (SSSR count). The van der Waals surface area contributed by atoms with Crippen LogP contribution in [0.15, 0.2) is 24.3 Å². The minimum absolute atomic E-state index is 0.372. The zero-order valence-corrected chi connectivity index (χ0v) is 11.7. The van der Waals surface area contributed by atoms with Crippen LogP contribution in [0.2, 0.25) is 0 Å². The lowest BCUT2D eigenvalue weighted by Gasteiger charge is -2.14. The first-order valence-electron chi connectivity index (χ1n) is 5.07. The lowest BCUT2D eigenvalue weighted by molar-refractivity contribution is -0.120. The molecule has 92 valence electrons. The summed E-state index contributed by atoms with van der Waals surface area (Å²) in [7, 11) is 1.46. The molecular formula is C11H14IN3O2. The van der Waals surface area contributed by atoms with E-state index in [1.807, 2.05) is 24.3 Å². The molecule has 0 saturated carbocycles. The van der Waals surface area contributed by atoms with Gasteiger partial charge in [0.05, 0.1) is 0 Å². The maximum Gasteiger partial charge on any atom is 0.321 e. The first-order valence-corrected chi connectivity index (χ1v) is 6.15. The minimum atomic E-state index is -0.508. The summed E-state index contributed by atoms with van der Waals surface area (Å²) < 4.78 is 1.12. The number of hydrogen-bond donors (Lipinski definition) is 3. The normalized spacial score (nSPS) is 11.5. The van der Waals surface area contributed by atoms with Crippen molar-refractivity contribution in [2.24, 2.45) is 0 Å². The number of nitrogens with one attached hydrogen (secondary N) is 3. The van der Waals surface area contributed by atoms with Gasteiger partial charge in [0.25, 0.3) is 0 Å². The Kier molecular flexibility index (Phi) is 5.20. The highest BCUT2D eigenvalue weighted by Crippen LogP contribution is 2.12. The molecule has 0 aliphatic carbocycles. The van der Waals surface area contributed by atoms with Crippen LogP contribution in [0.4, 0.5) is 10.5 Å². The van der Waals surface area contributed by atoms with Crippen LogP contribution in [0, 0.1) is 3.57 Å². The maximum atomic E-state index is 11.5. The van der Waals surface area contributed by atoms with Crippen molar-refractivity contribution in [3.8, 4) is 0 Å². The molecule has 0 unspecified atom stereocenters. The number of imide groups is 1. The summed E-state index contributed by atoms with van der Waals surface area (Å²) in [5, 5.41) is 7.53. The van der Waals surface area contributed by atoms with Crippen molar-refractivity contribution in [1.29, 1.82) is 0 Å². The number of hydrogen-bond acceptors (Lipinski definition) is 3. The molecule has 0 radical (unpaired) electrons. The number of amides is 3. The average Bonchev–Trinajstić information content (AvgIpc) is 2.31. The SMILES string of the molecule is CNC(=O)NC(=O)[C@H](C)Nc1ccc(I)cc1. The Bertz CT molecular complexity index is 406. The van der Waals surface area contributed by atoms with Crippen molar-refractivity contribution in [1.82, 2.24) is 10.6 Å². The number of urea groups is 1. The van der Waals surface area contributed by atoms with Crippen LogP contribution in [-0.4, -0.2) is 25.0 Å². The largest absolute Gasteiger partial charge is 0.374 e. The van der Waals surface area contributed by atoms with Gasteiger partial charge in [-0.25, -0.2) is 4.79 Å². The van der Waals surface area contributed by atoms with Crippen LogP contribution in [0.1, 0.15) is 6.92 Å². The summed E-state index contributed by atoms with van der Waals surface area (Å²) in [6.07, 6.45) is 0. The van der Waals surface area contributed by atoms with Crippen LogP contribution in [-0.2, 0) is 4.79 Å². The predicted molar refractivity (Wildman–Crippen MR) is 74.8 cm³/mol. The van der Waals surface area contributed by atoms with Crippen molar-refractivity contribution in [2.45, 2.75) is 13.0 Å². The molecule has 3 amide bonds. The maximum absolute atomic E-state index is 11.5. The zero-order chi connectivity index (χ0) is 12.8. The lowest BCUT2D eigenvalue weighted by Crippen LogP contribution is -2.44. The van der Waals surface area contributed by atoms with Crippen LogP contribution in [0.25, 0.3) is 0 Å². The molecule has 1 aromatic carbocycles. The Morgan fingerprint density at radius 1 is 1.24 bits per heavy atom. The van der Waals surface area contributed by atoms with E-state index in [9.17, 15) is 9.59 Å². The molecule has 1 aromatic rings. The monoisotopic (exact) mass is 347 g/mol. The molecule has 1 atom stereocenters. The van der Waals surface area contributed by atoms with E-state index in [1.54, 1.807) is 6.92 Å². The van der Waals surface area contributed by atoms with Gasteiger partial charge in [-0.05, 0) is 53.8 Å². The number of carbonyl (C=O) groups is 2. The smallest absolute Gasteiger partial charge is 0.321 e. The van der Waals surface area contributed by atoms with Crippen LogP contribution in [0.3, 0.4) is 0 Å². The minimum Gasteiger partial charge on any atom is -0.374 e. The second kappa shape index (κ2) is 6.43. The second-order valence-electron chi connectivity index (χ2n) is 3.44. The molecule has 0 aromatic heterocycles. The Hall–Kier alpha value is -1.31. The highest BCUT2D eigenvalue weighted by Gasteiger charge is 2.14. The summed E-state index contributed by atoms with van der Waals surface area (Å²) >= 11 is 2.20. The molecule has 0 spiro atoms. The number of rotatable bonds is 3. The number of benzene rings is 1. The summed E-state index contributed by atoms with van der Waals surface area (Å²) in [6, 6.07) is 6.65. The fourth-order valence-corrected chi connectivity index (χ4v) is 1.50. The predicted octanol–water partition coefficient (Wildman–Crippen LogP) is 1.55. The molecule has 5 nitrogen and oxygen atoms in total. The van der Waals surface area contributed by atoms with E-state index in [0.717, 1.165) is 9.26 Å². The quantitative estimate of drug-likeness (QED) is 0.727. The van der Waals surface area contributed by atoms with Gasteiger partial charge >= 0.3 is 6.03 Å². The molecule has 0 saturated heterocycles. The average molecular weight is 347 g/mol. The van der Waals surface area contributed by atoms with Gasteiger partial charge in [0.2, 0.25) is 5.91 Å². The van der Waals surface area contributed by atoms with Gasteiger partial charge in [-0.15, -0.1) is 0 Å². The van der Waals surface area contributed by atoms with E-state index in [-0.39, 0.29) is 5.91 Å². The molecule has 0 aliphatic rings.